The summed E-state index contributed by atoms with van der Waals surface area (Å²) in [6.45, 7) is 18.6. The van der Waals surface area contributed by atoms with Gasteiger partial charge >= 0.3 is 0 Å². The lowest BCUT2D eigenvalue weighted by atomic mass is 9.33. The number of fused-ring (bicyclic) bond motifs is 7. The molecule has 9 unspecified atom stereocenters. The molecule has 0 aromatic carbocycles. The minimum absolute atomic E-state index is 0.0538. The topological polar surface area (TPSA) is 46.5 Å². The number of hydrogen-bond donors (Lipinski definition) is 1. The Kier molecular flexibility index (Phi) is 5.22. The summed E-state index contributed by atoms with van der Waals surface area (Å²) in [7, 11) is 0. The van der Waals surface area contributed by atoms with E-state index >= 15 is 0 Å². The molecule has 0 radical (unpaired) electrons. The number of aliphatic hydroxyl groups is 1. The summed E-state index contributed by atoms with van der Waals surface area (Å²) in [6, 6.07) is 0. The summed E-state index contributed by atoms with van der Waals surface area (Å²) in [6.07, 6.45) is 11.7. The third-order valence-electron chi connectivity index (χ3n) is 13.0. The van der Waals surface area contributed by atoms with Crippen LogP contribution in [-0.4, -0.2) is 28.7 Å². The number of rotatable bonds is 1. The van der Waals surface area contributed by atoms with Gasteiger partial charge in [-0.2, -0.15) is 0 Å². The van der Waals surface area contributed by atoms with E-state index in [1.165, 1.54) is 44.9 Å². The van der Waals surface area contributed by atoms with Gasteiger partial charge in [-0.1, -0.05) is 41.5 Å². The third-order valence-corrected chi connectivity index (χ3v) is 13.0. The Bertz CT molecular complexity index is 825. The molecule has 4 saturated carbocycles. The van der Waals surface area contributed by atoms with Crippen LogP contribution in [0.3, 0.4) is 0 Å². The lowest BCUT2D eigenvalue weighted by Gasteiger charge is -2.72. The van der Waals surface area contributed by atoms with Crippen LogP contribution in [0.5, 0.6) is 0 Å². The van der Waals surface area contributed by atoms with Crippen molar-refractivity contribution < 1.29 is 14.6 Å². The van der Waals surface area contributed by atoms with Crippen molar-refractivity contribution in [2.75, 3.05) is 0 Å². The second-order valence-corrected chi connectivity index (χ2v) is 15.2. The minimum atomic E-state index is -0.776. The SMILES string of the molecule is CC(C)(O)C1CCC2(C)CCC3(C)C(CCC4C5(C)CCC(=O)C(C)(C)C5CCC43C)C2O1. The predicted octanol–water partition coefficient (Wildman–Crippen LogP) is 6.95. The lowest BCUT2D eigenvalue weighted by molar-refractivity contribution is -0.282. The second kappa shape index (κ2) is 7.09. The van der Waals surface area contributed by atoms with Gasteiger partial charge in [0.05, 0.1) is 17.8 Å². The highest BCUT2D eigenvalue weighted by Gasteiger charge is 2.70. The zero-order valence-electron chi connectivity index (χ0n) is 22.7. The average molecular weight is 459 g/mol. The van der Waals surface area contributed by atoms with Crippen LogP contribution in [0.25, 0.3) is 0 Å². The van der Waals surface area contributed by atoms with Crippen molar-refractivity contribution in [3.05, 3.63) is 0 Å². The first-order valence-electron chi connectivity index (χ1n) is 14.0. The third kappa shape index (κ3) is 3.09. The molecule has 1 N–H and O–H groups in total. The van der Waals surface area contributed by atoms with E-state index in [1.807, 2.05) is 13.8 Å². The van der Waals surface area contributed by atoms with Gasteiger partial charge in [0, 0.05) is 11.8 Å². The van der Waals surface area contributed by atoms with Crippen LogP contribution in [0.2, 0.25) is 0 Å². The van der Waals surface area contributed by atoms with E-state index in [4.69, 9.17) is 4.74 Å². The highest BCUT2D eigenvalue weighted by molar-refractivity contribution is 5.85. The molecule has 5 rings (SSSR count). The molecule has 9 atom stereocenters. The Morgan fingerprint density at radius 3 is 2.18 bits per heavy atom. The Labute approximate surface area is 202 Å². The molecule has 4 aliphatic carbocycles. The Hall–Kier alpha value is -0.410. The van der Waals surface area contributed by atoms with Gasteiger partial charge in [0.1, 0.15) is 5.78 Å². The summed E-state index contributed by atoms with van der Waals surface area (Å²) < 4.78 is 6.90. The van der Waals surface area contributed by atoms with Gasteiger partial charge in [0.25, 0.3) is 0 Å². The summed E-state index contributed by atoms with van der Waals surface area (Å²) in [5, 5.41) is 10.8. The number of Topliss-reactive ketones (excluding diaryl/α,β-unsaturated/α-hetero) is 1. The van der Waals surface area contributed by atoms with Crippen molar-refractivity contribution in [3.63, 3.8) is 0 Å². The summed E-state index contributed by atoms with van der Waals surface area (Å²) in [5.41, 5.74) is 0.120. The first kappa shape index (κ1) is 24.3. The van der Waals surface area contributed by atoms with Crippen LogP contribution in [0.4, 0.5) is 0 Å². The molecule has 188 valence electrons. The molecule has 0 aromatic heterocycles. The molecule has 33 heavy (non-hydrogen) atoms. The number of ketones is 1. The fraction of sp³-hybridized carbons (Fsp3) is 0.967. The van der Waals surface area contributed by atoms with E-state index < -0.39 is 5.60 Å². The zero-order chi connectivity index (χ0) is 24.2. The smallest absolute Gasteiger partial charge is 0.138 e. The molecule has 0 amide bonds. The van der Waals surface area contributed by atoms with Gasteiger partial charge in [0.15, 0.2) is 0 Å². The van der Waals surface area contributed by atoms with E-state index in [1.54, 1.807) is 0 Å². The molecule has 0 spiro atoms. The average Bonchev–Trinajstić information content (AvgIpc) is 2.71. The number of carbonyl (C=O) groups is 1. The maximum absolute atomic E-state index is 12.9. The van der Waals surface area contributed by atoms with Crippen molar-refractivity contribution in [2.45, 2.75) is 137 Å². The fourth-order valence-corrected chi connectivity index (χ4v) is 10.7. The number of carbonyl (C=O) groups excluding carboxylic acids is 1. The van der Waals surface area contributed by atoms with Crippen LogP contribution in [-0.2, 0) is 9.53 Å². The molecule has 0 bridgehead atoms. The van der Waals surface area contributed by atoms with E-state index in [2.05, 4.69) is 41.5 Å². The monoisotopic (exact) mass is 458 g/mol. The lowest BCUT2D eigenvalue weighted by Crippen LogP contribution is -2.68. The van der Waals surface area contributed by atoms with E-state index in [9.17, 15) is 9.90 Å². The van der Waals surface area contributed by atoms with E-state index in [0.29, 0.717) is 29.0 Å². The fourth-order valence-electron chi connectivity index (χ4n) is 10.7. The van der Waals surface area contributed by atoms with E-state index in [0.717, 1.165) is 19.3 Å². The Balaban J connectivity index is 1.50. The maximum Gasteiger partial charge on any atom is 0.138 e. The van der Waals surface area contributed by atoms with Crippen molar-refractivity contribution in [3.8, 4) is 0 Å². The first-order valence-corrected chi connectivity index (χ1v) is 14.0. The van der Waals surface area contributed by atoms with Gasteiger partial charge in [-0.3, -0.25) is 4.79 Å². The zero-order valence-corrected chi connectivity index (χ0v) is 22.7. The molecule has 0 aromatic rings. The van der Waals surface area contributed by atoms with Crippen LogP contribution in [0.1, 0.15) is 120 Å². The molecule has 3 nitrogen and oxygen atoms in total. The van der Waals surface area contributed by atoms with Gasteiger partial charge in [-0.25, -0.2) is 0 Å². The predicted molar refractivity (Wildman–Crippen MR) is 133 cm³/mol. The van der Waals surface area contributed by atoms with Gasteiger partial charge < -0.3 is 9.84 Å². The first-order chi connectivity index (χ1) is 15.1. The van der Waals surface area contributed by atoms with Gasteiger partial charge in [-0.05, 0) is 111 Å². The molecule has 5 fully saturated rings. The molecule has 1 aliphatic heterocycles. The summed E-state index contributed by atoms with van der Waals surface area (Å²) >= 11 is 0. The highest BCUT2D eigenvalue weighted by atomic mass is 16.5. The molecular formula is C30H50O3. The summed E-state index contributed by atoms with van der Waals surface area (Å²) in [5.74, 6) is 2.27. The van der Waals surface area contributed by atoms with Crippen molar-refractivity contribution in [1.82, 2.24) is 0 Å². The van der Waals surface area contributed by atoms with Gasteiger partial charge in [-0.15, -0.1) is 0 Å². The standard InChI is InChI=1S/C30H50O3/c1-25(2)20-11-16-30(8)21(28(20,6)15-12-22(25)31)10-9-19-24-27(5,17-18-29(19,30)7)14-13-23(33-24)26(3,4)32/h19-21,23-24,32H,9-18H2,1-8H3. The molecule has 5 aliphatic rings. The molecule has 1 saturated heterocycles. The van der Waals surface area contributed by atoms with Crippen molar-refractivity contribution >= 4 is 5.78 Å². The van der Waals surface area contributed by atoms with E-state index in [-0.39, 0.29) is 33.9 Å². The van der Waals surface area contributed by atoms with Crippen LogP contribution in [0, 0.1) is 44.8 Å². The van der Waals surface area contributed by atoms with Gasteiger partial charge in [0.2, 0.25) is 0 Å². The second-order valence-electron chi connectivity index (χ2n) is 15.2. The molecule has 3 heteroatoms. The minimum Gasteiger partial charge on any atom is -0.388 e. The van der Waals surface area contributed by atoms with Crippen LogP contribution in [0.15, 0.2) is 0 Å². The Morgan fingerprint density at radius 1 is 0.818 bits per heavy atom. The van der Waals surface area contributed by atoms with Crippen LogP contribution >= 0.6 is 0 Å². The summed E-state index contributed by atoms with van der Waals surface area (Å²) in [4.78, 5) is 12.9. The largest absolute Gasteiger partial charge is 0.388 e. The Morgan fingerprint density at radius 2 is 1.52 bits per heavy atom. The molecule has 1 heterocycles. The number of ether oxygens (including phenoxy) is 1. The maximum atomic E-state index is 12.9. The van der Waals surface area contributed by atoms with Crippen LogP contribution < -0.4 is 0 Å². The van der Waals surface area contributed by atoms with Crippen molar-refractivity contribution in [1.29, 1.82) is 0 Å². The highest BCUT2D eigenvalue weighted by Crippen LogP contribution is 2.75. The molecular weight excluding hydrogens is 408 g/mol. The normalized spacial score (nSPS) is 54.0. The quantitative estimate of drug-likeness (QED) is 0.462. The number of hydrogen-bond acceptors (Lipinski definition) is 3. The van der Waals surface area contributed by atoms with Crippen molar-refractivity contribution in [2.24, 2.45) is 44.8 Å².